The molecular formula is C23H26N4O2. The quantitative estimate of drug-likeness (QED) is 0.543. The predicted octanol–water partition coefficient (Wildman–Crippen LogP) is 4.80. The summed E-state index contributed by atoms with van der Waals surface area (Å²) in [5.41, 5.74) is 5.39. The molecule has 0 atom stereocenters. The molecule has 29 heavy (non-hydrogen) atoms. The van der Waals surface area contributed by atoms with Gasteiger partial charge >= 0.3 is 0 Å². The smallest absolute Gasteiger partial charge is 0.205 e. The van der Waals surface area contributed by atoms with Gasteiger partial charge in [-0.15, -0.1) is 0 Å². The number of fused-ring (bicyclic) bond motifs is 1. The van der Waals surface area contributed by atoms with Crippen molar-refractivity contribution in [1.29, 1.82) is 0 Å². The Balaban J connectivity index is 1.81. The lowest BCUT2D eigenvalue weighted by Crippen LogP contribution is -2.21. The number of rotatable bonds is 4. The summed E-state index contributed by atoms with van der Waals surface area (Å²) in [6, 6.07) is 10.2. The van der Waals surface area contributed by atoms with Crippen LogP contribution in [0.25, 0.3) is 27.8 Å². The molecule has 3 heterocycles. The Morgan fingerprint density at radius 3 is 2.62 bits per heavy atom. The third-order valence-electron chi connectivity index (χ3n) is 5.02. The van der Waals surface area contributed by atoms with Gasteiger partial charge < -0.3 is 9.84 Å². The summed E-state index contributed by atoms with van der Waals surface area (Å²) < 4.78 is 8.87. The van der Waals surface area contributed by atoms with Crippen LogP contribution < -0.4 is 0 Å². The Morgan fingerprint density at radius 1 is 1.14 bits per heavy atom. The fourth-order valence-corrected chi connectivity index (χ4v) is 3.52. The molecule has 4 aromatic rings. The topological polar surface area (TPSA) is 65.1 Å². The van der Waals surface area contributed by atoms with Gasteiger partial charge in [0.25, 0.3) is 0 Å². The van der Waals surface area contributed by atoms with E-state index in [9.17, 15) is 5.11 Å². The van der Waals surface area contributed by atoms with Crippen LogP contribution in [0.15, 0.2) is 48.9 Å². The molecule has 0 aliphatic rings. The highest BCUT2D eigenvalue weighted by molar-refractivity contribution is 5.90. The highest BCUT2D eigenvalue weighted by Crippen LogP contribution is 2.34. The van der Waals surface area contributed by atoms with Gasteiger partial charge in [-0.25, -0.2) is 4.98 Å². The molecule has 0 aliphatic heterocycles. The average molecular weight is 390 g/mol. The fourth-order valence-electron chi connectivity index (χ4n) is 3.52. The average Bonchev–Trinajstić information content (AvgIpc) is 3.27. The van der Waals surface area contributed by atoms with Gasteiger partial charge in [0.15, 0.2) is 0 Å². The first-order valence-electron chi connectivity index (χ1n) is 9.63. The molecule has 0 saturated carbocycles. The lowest BCUT2D eigenvalue weighted by molar-refractivity contribution is 0.185. The van der Waals surface area contributed by atoms with Crippen molar-refractivity contribution < 1.29 is 9.84 Å². The number of hydrogen-bond acceptors (Lipinski definition) is 4. The van der Waals surface area contributed by atoms with E-state index in [1.54, 1.807) is 17.9 Å². The highest BCUT2D eigenvalue weighted by atomic mass is 16.5. The Bertz CT molecular complexity index is 1180. The van der Waals surface area contributed by atoms with Crippen molar-refractivity contribution in [3.8, 4) is 22.8 Å². The second-order valence-electron chi connectivity index (χ2n) is 8.35. The Morgan fingerprint density at radius 2 is 1.93 bits per heavy atom. The van der Waals surface area contributed by atoms with Crippen molar-refractivity contribution in [3.63, 3.8) is 0 Å². The largest absolute Gasteiger partial charge is 0.494 e. The summed E-state index contributed by atoms with van der Waals surface area (Å²) in [4.78, 5) is 4.82. The van der Waals surface area contributed by atoms with E-state index in [1.807, 2.05) is 48.3 Å². The number of benzene rings is 1. The molecule has 6 nitrogen and oxygen atoms in total. The summed E-state index contributed by atoms with van der Waals surface area (Å²) in [6.07, 6.45) is 5.56. The summed E-state index contributed by atoms with van der Waals surface area (Å²) in [7, 11) is 1.69. The van der Waals surface area contributed by atoms with E-state index in [0.29, 0.717) is 6.61 Å². The zero-order valence-electron chi connectivity index (χ0n) is 17.5. The maximum Gasteiger partial charge on any atom is 0.205 e. The number of hydrogen-bond donors (Lipinski definition) is 1. The molecule has 1 aromatic carbocycles. The number of aromatic hydroxyl groups is 1. The molecule has 0 amide bonds. The summed E-state index contributed by atoms with van der Waals surface area (Å²) in [6.45, 7) is 8.82. The third-order valence-corrected chi connectivity index (χ3v) is 5.02. The van der Waals surface area contributed by atoms with Crippen molar-refractivity contribution in [1.82, 2.24) is 19.3 Å². The first kappa shape index (κ1) is 19.2. The first-order chi connectivity index (χ1) is 13.8. The lowest BCUT2D eigenvalue weighted by Gasteiger charge is -2.18. The van der Waals surface area contributed by atoms with Crippen LogP contribution in [-0.2, 0) is 16.9 Å². The van der Waals surface area contributed by atoms with E-state index in [1.165, 1.54) is 0 Å². The predicted molar refractivity (Wildman–Crippen MR) is 114 cm³/mol. The highest BCUT2D eigenvalue weighted by Gasteiger charge is 2.19. The monoisotopic (exact) mass is 390 g/mol. The molecule has 0 aliphatic carbocycles. The van der Waals surface area contributed by atoms with E-state index >= 15 is 0 Å². The number of methoxy groups -OCH3 is 1. The van der Waals surface area contributed by atoms with Crippen molar-refractivity contribution in [2.75, 3.05) is 7.11 Å². The minimum absolute atomic E-state index is 0.130. The van der Waals surface area contributed by atoms with Crippen LogP contribution in [0.2, 0.25) is 0 Å². The summed E-state index contributed by atoms with van der Waals surface area (Å²) >= 11 is 0. The lowest BCUT2D eigenvalue weighted by atomic mass is 10.0. The minimum Gasteiger partial charge on any atom is -0.494 e. The van der Waals surface area contributed by atoms with Crippen LogP contribution >= 0.6 is 0 Å². The number of pyridine rings is 1. The van der Waals surface area contributed by atoms with E-state index in [2.05, 4.69) is 31.9 Å². The van der Waals surface area contributed by atoms with Gasteiger partial charge in [0.2, 0.25) is 5.88 Å². The molecule has 6 heteroatoms. The minimum atomic E-state index is -0.130. The Kier molecular flexibility index (Phi) is 4.67. The second kappa shape index (κ2) is 7.04. The number of ether oxygens (including phenoxy) is 1. The standard InChI is InChI=1S/C23H26N4O2/c1-15-9-19(17-8-6-7-16(10-17)14-29-5)25-20-13-26(22(28)21(15)20)18-11-24-27(12-18)23(2,3)4/h6-13,28H,14H2,1-5H3. The van der Waals surface area contributed by atoms with Crippen LogP contribution in [0.4, 0.5) is 0 Å². The molecule has 0 unspecified atom stereocenters. The molecule has 0 fully saturated rings. The number of aryl methyl sites for hydroxylation is 1. The van der Waals surface area contributed by atoms with Crippen LogP contribution in [0.3, 0.4) is 0 Å². The van der Waals surface area contributed by atoms with Crippen molar-refractivity contribution >= 4 is 10.9 Å². The molecule has 150 valence electrons. The molecule has 1 N–H and O–H groups in total. The van der Waals surface area contributed by atoms with Crippen molar-refractivity contribution in [3.05, 3.63) is 60.0 Å². The molecule has 3 aromatic heterocycles. The van der Waals surface area contributed by atoms with Gasteiger partial charge in [-0.05, 0) is 51.0 Å². The molecular weight excluding hydrogens is 364 g/mol. The first-order valence-corrected chi connectivity index (χ1v) is 9.63. The second-order valence-corrected chi connectivity index (χ2v) is 8.35. The maximum atomic E-state index is 10.9. The number of nitrogens with zero attached hydrogens (tertiary/aromatic N) is 4. The zero-order valence-corrected chi connectivity index (χ0v) is 17.5. The van der Waals surface area contributed by atoms with Crippen LogP contribution in [0.5, 0.6) is 5.88 Å². The molecule has 0 spiro atoms. The Labute approximate surface area is 170 Å². The van der Waals surface area contributed by atoms with Gasteiger partial charge in [0.1, 0.15) is 0 Å². The molecule has 0 radical (unpaired) electrons. The van der Waals surface area contributed by atoms with Crippen LogP contribution in [0, 0.1) is 6.92 Å². The fraction of sp³-hybridized carbons (Fsp3) is 0.304. The van der Waals surface area contributed by atoms with Gasteiger partial charge in [-0.3, -0.25) is 9.25 Å². The van der Waals surface area contributed by atoms with E-state index in [-0.39, 0.29) is 11.4 Å². The summed E-state index contributed by atoms with van der Waals surface area (Å²) in [5, 5.41) is 16.1. The summed E-state index contributed by atoms with van der Waals surface area (Å²) in [5.74, 6) is 0.179. The number of aromatic nitrogens is 4. The van der Waals surface area contributed by atoms with E-state index in [0.717, 1.165) is 39.0 Å². The molecule has 0 bridgehead atoms. The van der Waals surface area contributed by atoms with Crippen molar-refractivity contribution in [2.45, 2.75) is 39.8 Å². The van der Waals surface area contributed by atoms with Crippen LogP contribution in [-0.4, -0.2) is 31.5 Å². The van der Waals surface area contributed by atoms with Gasteiger partial charge in [-0.2, -0.15) is 5.10 Å². The Hall–Kier alpha value is -3.12. The SMILES string of the molecule is COCc1cccc(-c2cc(C)c3c(O)n(-c4cnn(C(C)(C)C)c4)cc3n2)c1. The zero-order chi connectivity index (χ0) is 20.8. The molecule has 0 saturated heterocycles. The normalized spacial score (nSPS) is 12.0. The van der Waals surface area contributed by atoms with Gasteiger partial charge in [0.05, 0.1) is 40.6 Å². The third kappa shape index (κ3) is 3.51. The van der Waals surface area contributed by atoms with Crippen molar-refractivity contribution in [2.24, 2.45) is 0 Å². The van der Waals surface area contributed by atoms with Gasteiger partial charge in [-0.1, -0.05) is 18.2 Å². The maximum absolute atomic E-state index is 10.9. The van der Waals surface area contributed by atoms with Crippen LogP contribution in [0.1, 0.15) is 31.9 Å². The van der Waals surface area contributed by atoms with E-state index < -0.39 is 0 Å². The van der Waals surface area contributed by atoms with E-state index in [4.69, 9.17) is 9.72 Å². The molecule has 4 rings (SSSR count). The van der Waals surface area contributed by atoms with Gasteiger partial charge in [0, 0.05) is 25.1 Å².